The van der Waals surface area contributed by atoms with Gasteiger partial charge in [0, 0.05) is 26.2 Å². The number of halogens is 5. The van der Waals surface area contributed by atoms with E-state index in [2.05, 4.69) is 0 Å². The van der Waals surface area contributed by atoms with Crippen molar-refractivity contribution in [2.45, 2.75) is 6.18 Å². The molecule has 0 aromatic rings. The van der Waals surface area contributed by atoms with E-state index >= 15 is 0 Å². The lowest BCUT2D eigenvalue weighted by Gasteiger charge is -2.29. The van der Waals surface area contributed by atoms with Crippen LogP contribution in [-0.2, 0) is 0 Å². The molecule has 0 aromatic heterocycles. The van der Waals surface area contributed by atoms with Gasteiger partial charge in [-0.25, -0.2) is 0 Å². The van der Waals surface area contributed by atoms with E-state index in [1.54, 1.807) is 0 Å². The van der Waals surface area contributed by atoms with E-state index in [0.29, 0.717) is 5.12 Å². The maximum absolute atomic E-state index is 12.8. The Morgan fingerprint density at radius 3 is 2.00 bits per heavy atom. The van der Waals surface area contributed by atoms with Crippen LogP contribution in [0.15, 0.2) is 12.0 Å². The van der Waals surface area contributed by atoms with Crippen molar-refractivity contribution in [1.29, 1.82) is 0 Å². The first kappa shape index (κ1) is 11.2. The summed E-state index contributed by atoms with van der Waals surface area (Å²) < 4.78 is 60.4. The number of piperazine rings is 1. The average Bonchev–Trinajstić information content (AvgIpc) is 2.02. The summed E-state index contributed by atoms with van der Waals surface area (Å²) >= 11 is 0. The van der Waals surface area contributed by atoms with E-state index in [1.807, 2.05) is 0 Å². The lowest BCUT2D eigenvalue weighted by atomic mass is 10.3. The molecule has 0 aromatic carbocycles. The van der Waals surface area contributed by atoms with Crippen molar-refractivity contribution in [3.8, 4) is 0 Å². The third kappa shape index (κ3) is 3.49. The van der Waals surface area contributed by atoms with Gasteiger partial charge in [0.2, 0.25) is 0 Å². The van der Waals surface area contributed by atoms with Gasteiger partial charge in [-0.2, -0.15) is 17.6 Å². The van der Waals surface area contributed by atoms with Crippen LogP contribution >= 0.6 is 0 Å². The SMILES string of the molecule is F/C(=C\C(F)(F)F)N1CCN(F)CC1. The molecule has 0 amide bonds. The molecule has 1 aliphatic rings. The van der Waals surface area contributed by atoms with Crippen LogP contribution in [0.2, 0.25) is 0 Å². The Labute approximate surface area is 77.5 Å². The number of alkyl halides is 3. The number of hydrogen-bond acceptors (Lipinski definition) is 2. The number of rotatable bonds is 1. The summed E-state index contributed by atoms with van der Waals surface area (Å²) in [6.07, 6.45) is -5.09. The molecule has 82 valence electrons. The van der Waals surface area contributed by atoms with Gasteiger partial charge in [0.1, 0.15) is 0 Å². The molecule has 7 heteroatoms. The minimum absolute atomic E-state index is 0.0745. The highest BCUT2D eigenvalue weighted by Crippen LogP contribution is 2.21. The summed E-state index contributed by atoms with van der Waals surface area (Å²) in [5.74, 6) is -1.36. The molecule has 1 heterocycles. The molecule has 0 radical (unpaired) electrons. The molecule has 0 spiro atoms. The predicted molar refractivity (Wildman–Crippen MR) is 39.5 cm³/mol. The third-order valence-electron chi connectivity index (χ3n) is 1.81. The van der Waals surface area contributed by atoms with Crippen LogP contribution in [0.3, 0.4) is 0 Å². The van der Waals surface area contributed by atoms with Crippen LogP contribution in [0, 0.1) is 0 Å². The summed E-state index contributed by atoms with van der Waals surface area (Å²) in [6.45, 7) is -0.317. The Balaban J connectivity index is 2.53. The molecule has 14 heavy (non-hydrogen) atoms. The maximum atomic E-state index is 12.8. The topological polar surface area (TPSA) is 6.48 Å². The van der Waals surface area contributed by atoms with Crippen LogP contribution in [0.1, 0.15) is 0 Å². The van der Waals surface area contributed by atoms with E-state index in [4.69, 9.17) is 0 Å². The zero-order chi connectivity index (χ0) is 10.8. The second-order valence-electron chi connectivity index (χ2n) is 2.91. The minimum atomic E-state index is -4.67. The van der Waals surface area contributed by atoms with E-state index in [0.717, 1.165) is 4.90 Å². The second kappa shape index (κ2) is 4.12. The predicted octanol–water partition coefficient (Wildman–Crippen LogP) is 1.86. The first-order valence-electron chi connectivity index (χ1n) is 3.99. The monoisotopic (exact) mass is 216 g/mol. The fraction of sp³-hybridized carbons (Fsp3) is 0.714. The third-order valence-corrected chi connectivity index (χ3v) is 1.81. The fourth-order valence-electron chi connectivity index (χ4n) is 1.12. The molecular formula is C7H9F5N2. The average molecular weight is 216 g/mol. The van der Waals surface area contributed by atoms with Crippen LogP contribution in [0.4, 0.5) is 22.0 Å². The lowest BCUT2D eigenvalue weighted by Crippen LogP contribution is -2.41. The van der Waals surface area contributed by atoms with E-state index in [-0.39, 0.29) is 26.2 Å². The zero-order valence-corrected chi connectivity index (χ0v) is 7.19. The molecule has 1 saturated heterocycles. The van der Waals surface area contributed by atoms with Crippen LogP contribution < -0.4 is 0 Å². The summed E-state index contributed by atoms with van der Waals surface area (Å²) in [4.78, 5) is 0.865. The summed E-state index contributed by atoms with van der Waals surface area (Å²) in [6, 6.07) is 0. The molecule has 0 bridgehead atoms. The lowest BCUT2D eigenvalue weighted by molar-refractivity contribution is -0.0842. The van der Waals surface area contributed by atoms with E-state index in [9.17, 15) is 22.0 Å². The molecule has 0 atom stereocenters. The van der Waals surface area contributed by atoms with Gasteiger partial charge in [-0.3, -0.25) is 0 Å². The quantitative estimate of drug-likeness (QED) is 0.375. The molecule has 1 aliphatic heterocycles. The standard InChI is InChI=1S/C7H9F5N2/c8-6(5-7(9,10)11)13-1-3-14(12)4-2-13/h5H,1-4H2/b6-5+. The van der Waals surface area contributed by atoms with Crippen molar-refractivity contribution in [1.82, 2.24) is 10.0 Å². The Morgan fingerprint density at radius 1 is 1.07 bits per heavy atom. The maximum Gasteiger partial charge on any atom is 0.414 e. The van der Waals surface area contributed by atoms with Crippen molar-refractivity contribution in [3.63, 3.8) is 0 Å². The molecule has 1 rings (SSSR count). The summed E-state index contributed by atoms with van der Waals surface area (Å²) in [7, 11) is 0. The molecule has 0 saturated carbocycles. The fourth-order valence-corrected chi connectivity index (χ4v) is 1.12. The largest absolute Gasteiger partial charge is 0.414 e. The Hall–Kier alpha value is -0.850. The first-order chi connectivity index (χ1) is 6.38. The van der Waals surface area contributed by atoms with Crippen LogP contribution in [0.5, 0.6) is 0 Å². The molecule has 1 fully saturated rings. The Bertz CT molecular complexity index is 217. The van der Waals surface area contributed by atoms with Crippen molar-refractivity contribution in [3.05, 3.63) is 12.0 Å². The van der Waals surface area contributed by atoms with Gasteiger partial charge in [0.15, 0.2) is 5.95 Å². The van der Waals surface area contributed by atoms with Crippen LogP contribution in [-0.4, -0.2) is 42.4 Å². The van der Waals surface area contributed by atoms with Crippen molar-refractivity contribution in [2.75, 3.05) is 26.2 Å². The first-order valence-corrected chi connectivity index (χ1v) is 3.99. The van der Waals surface area contributed by atoms with Gasteiger partial charge < -0.3 is 4.90 Å². The number of nitrogens with zero attached hydrogens (tertiary/aromatic N) is 2. The van der Waals surface area contributed by atoms with Gasteiger partial charge in [-0.05, 0) is 0 Å². The van der Waals surface area contributed by atoms with Crippen LogP contribution in [0.25, 0.3) is 0 Å². The van der Waals surface area contributed by atoms with Crippen molar-refractivity contribution >= 4 is 0 Å². The van der Waals surface area contributed by atoms with Gasteiger partial charge in [0.25, 0.3) is 0 Å². The molecule has 0 unspecified atom stereocenters. The molecule has 2 nitrogen and oxygen atoms in total. The van der Waals surface area contributed by atoms with E-state index < -0.39 is 18.2 Å². The highest BCUT2D eigenvalue weighted by molar-refractivity contribution is 4.97. The number of hydrogen-bond donors (Lipinski definition) is 0. The Kier molecular flexibility index (Phi) is 3.30. The normalized spacial score (nSPS) is 21.5. The molecule has 0 aliphatic carbocycles. The summed E-state index contributed by atoms with van der Waals surface area (Å²) in [5, 5.41) is 0.442. The summed E-state index contributed by atoms with van der Waals surface area (Å²) in [5.41, 5.74) is 0. The van der Waals surface area contributed by atoms with Gasteiger partial charge in [-0.1, -0.05) is 0 Å². The number of allylic oxidation sites excluding steroid dienone is 1. The minimum Gasteiger partial charge on any atom is -0.346 e. The second-order valence-corrected chi connectivity index (χ2v) is 2.91. The smallest absolute Gasteiger partial charge is 0.346 e. The van der Waals surface area contributed by atoms with Crippen molar-refractivity contribution < 1.29 is 22.0 Å². The zero-order valence-electron chi connectivity index (χ0n) is 7.19. The molecular weight excluding hydrogens is 207 g/mol. The van der Waals surface area contributed by atoms with Gasteiger partial charge in [-0.15, -0.1) is 9.60 Å². The highest BCUT2D eigenvalue weighted by Gasteiger charge is 2.28. The van der Waals surface area contributed by atoms with Gasteiger partial charge >= 0.3 is 6.18 Å². The Morgan fingerprint density at radius 2 is 1.57 bits per heavy atom. The van der Waals surface area contributed by atoms with Gasteiger partial charge in [0.05, 0.1) is 6.08 Å². The van der Waals surface area contributed by atoms with Crippen molar-refractivity contribution in [2.24, 2.45) is 0 Å². The highest BCUT2D eigenvalue weighted by atomic mass is 19.4. The molecule has 0 N–H and O–H groups in total. The van der Waals surface area contributed by atoms with E-state index in [1.165, 1.54) is 0 Å².